The molecule has 2 N–H and O–H groups in total. The van der Waals surface area contributed by atoms with Gasteiger partial charge in [0.2, 0.25) is 5.91 Å². The summed E-state index contributed by atoms with van der Waals surface area (Å²) in [6.07, 6.45) is 5.30. The van der Waals surface area contributed by atoms with E-state index in [-0.39, 0.29) is 18.3 Å². The van der Waals surface area contributed by atoms with Gasteiger partial charge in [-0.05, 0) is 61.4 Å². The van der Waals surface area contributed by atoms with Crippen molar-refractivity contribution < 1.29 is 9.53 Å². The highest BCUT2D eigenvalue weighted by molar-refractivity contribution is 6.30. The summed E-state index contributed by atoms with van der Waals surface area (Å²) in [5.74, 6) is 1.22. The van der Waals surface area contributed by atoms with Gasteiger partial charge < -0.3 is 15.4 Å². The number of hydrogen-bond donors (Lipinski definition) is 2. The van der Waals surface area contributed by atoms with Crippen LogP contribution >= 0.6 is 24.0 Å². The van der Waals surface area contributed by atoms with Gasteiger partial charge in [0.25, 0.3) is 0 Å². The van der Waals surface area contributed by atoms with Gasteiger partial charge in [-0.3, -0.25) is 4.79 Å². The van der Waals surface area contributed by atoms with Crippen molar-refractivity contribution in [3.63, 3.8) is 0 Å². The predicted octanol–water partition coefficient (Wildman–Crippen LogP) is 5.20. The lowest BCUT2D eigenvalue weighted by atomic mass is 9.89. The number of rotatable bonds is 6. The number of ether oxygens (including phenoxy) is 1. The van der Waals surface area contributed by atoms with Crippen LogP contribution in [0.3, 0.4) is 0 Å². The van der Waals surface area contributed by atoms with Crippen molar-refractivity contribution in [1.82, 2.24) is 5.32 Å². The summed E-state index contributed by atoms with van der Waals surface area (Å²) in [5, 5.41) is 7.36. The van der Waals surface area contributed by atoms with Gasteiger partial charge in [0.1, 0.15) is 12.4 Å². The fourth-order valence-corrected chi connectivity index (χ4v) is 4.50. The van der Waals surface area contributed by atoms with Gasteiger partial charge >= 0.3 is 0 Å². The molecule has 0 saturated carbocycles. The Hall–Kier alpha value is -1.75. The Morgan fingerprint density at radius 2 is 1.86 bits per heavy atom. The molecule has 2 saturated heterocycles. The number of piperidine rings is 1. The molecule has 150 valence electrons. The average Bonchev–Trinajstić information content (AvgIpc) is 2.99. The SMILES string of the molecule is Cl.O=C(CC1CC2CCC(C1)N2)Nc1ccccc1OCc1cccc(Cl)c1. The molecule has 2 bridgehead atoms. The molecule has 4 nitrogen and oxygen atoms in total. The molecule has 2 aromatic carbocycles. The third kappa shape index (κ3) is 5.40. The lowest BCUT2D eigenvalue weighted by Gasteiger charge is -2.28. The molecule has 1 amide bonds. The summed E-state index contributed by atoms with van der Waals surface area (Å²) in [6, 6.07) is 16.4. The molecule has 2 aromatic rings. The molecule has 2 heterocycles. The molecule has 0 spiro atoms. The first kappa shape index (κ1) is 21.0. The maximum Gasteiger partial charge on any atom is 0.224 e. The normalized spacial score (nSPS) is 23.0. The van der Waals surface area contributed by atoms with Gasteiger partial charge in [-0.1, -0.05) is 35.9 Å². The third-order valence-corrected chi connectivity index (χ3v) is 5.72. The lowest BCUT2D eigenvalue weighted by Crippen LogP contribution is -2.39. The number of hydrogen-bond acceptors (Lipinski definition) is 3. The van der Waals surface area contributed by atoms with Crippen LogP contribution in [-0.2, 0) is 11.4 Å². The number of fused-ring (bicyclic) bond motifs is 2. The molecule has 6 heteroatoms. The minimum Gasteiger partial charge on any atom is -0.487 e. The Morgan fingerprint density at radius 3 is 2.61 bits per heavy atom. The number of benzene rings is 2. The summed E-state index contributed by atoms with van der Waals surface area (Å²) in [4.78, 5) is 12.6. The zero-order valence-electron chi connectivity index (χ0n) is 15.7. The Bertz CT molecular complexity index is 803. The number of anilines is 1. The molecule has 2 aliphatic rings. The summed E-state index contributed by atoms with van der Waals surface area (Å²) < 4.78 is 5.93. The highest BCUT2D eigenvalue weighted by Gasteiger charge is 2.34. The molecule has 2 atom stereocenters. The minimum atomic E-state index is 0. The van der Waals surface area contributed by atoms with Crippen LogP contribution in [0.2, 0.25) is 5.02 Å². The van der Waals surface area contributed by atoms with Crippen molar-refractivity contribution >= 4 is 35.6 Å². The van der Waals surface area contributed by atoms with Crippen molar-refractivity contribution in [3.8, 4) is 5.75 Å². The summed E-state index contributed by atoms with van der Waals surface area (Å²) >= 11 is 6.03. The lowest BCUT2D eigenvalue weighted by molar-refractivity contribution is -0.117. The molecular weight excluding hydrogens is 395 g/mol. The van der Waals surface area contributed by atoms with E-state index in [0.29, 0.717) is 41.8 Å². The van der Waals surface area contributed by atoms with E-state index < -0.39 is 0 Å². The third-order valence-electron chi connectivity index (χ3n) is 5.49. The molecule has 28 heavy (non-hydrogen) atoms. The average molecular weight is 421 g/mol. The Labute approximate surface area is 177 Å². The molecule has 2 unspecified atom stereocenters. The molecule has 0 aromatic heterocycles. The van der Waals surface area contributed by atoms with Gasteiger partial charge in [-0.25, -0.2) is 0 Å². The summed E-state index contributed by atoms with van der Waals surface area (Å²) in [5.41, 5.74) is 1.72. The van der Waals surface area contributed by atoms with Gasteiger partial charge in [-0.15, -0.1) is 12.4 Å². The molecule has 0 aliphatic carbocycles. The van der Waals surface area contributed by atoms with E-state index >= 15 is 0 Å². The van der Waals surface area contributed by atoms with Gasteiger partial charge in [0.05, 0.1) is 5.69 Å². The second-order valence-electron chi connectivity index (χ2n) is 7.64. The second kappa shape index (κ2) is 9.64. The van der Waals surface area contributed by atoms with Crippen molar-refractivity contribution in [1.29, 1.82) is 0 Å². The second-order valence-corrected chi connectivity index (χ2v) is 8.08. The molecular formula is C22H26Cl2N2O2. The van der Waals surface area contributed by atoms with Crippen LogP contribution in [0.15, 0.2) is 48.5 Å². The van der Waals surface area contributed by atoms with Crippen molar-refractivity contribution in [2.45, 2.75) is 50.8 Å². The van der Waals surface area contributed by atoms with Crippen LogP contribution in [0.4, 0.5) is 5.69 Å². The van der Waals surface area contributed by atoms with E-state index in [4.69, 9.17) is 16.3 Å². The van der Waals surface area contributed by atoms with E-state index in [0.717, 1.165) is 24.1 Å². The number of nitrogens with one attached hydrogen (secondary N) is 2. The first-order valence-electron chi connectivity index (χ1n) is 9.68. The largest absolute Gasteiger partial charge is 0.487 e. The van der Waals surface area contributed by atoms with Crippen molar-refractivity contribution in [2.24, 2.45) is 5.92 Å². The van der Waals surface area contributed by atoms with Crippen LogP contribution in [0.5, 0.6) is 5.75 Å². The highest BCUT2D eigenvalue weighted by Crippen LogP contribution is 2.33. The van der Waals surface area contributed by atoms with E-state index in [2.05, 4.69) is 10.6 Å². The number of carbonyl (C=O) groups excluding carboxylic acids is 1. The van der Waals surface area contributed by atoms with Gasteiger partial charge in [0.15, 0.2) is 0 Å². The van der Waals surface area contributed by atoms with E-state index in [1.54, 1.807) is 0 Å². The Balaban J connectivity index is 0.00000225. The number of amides is 1. The maximum atomic E-state index is 12.6. The predicted molar refractivity (Wildman–Crippen MR) is 115 cm³/mol. The first-order chi connectivity index (χ1) is 13.2. The van der Waals surface area contributed by atoms with E-state index in [1.165, 1.54) is 12.8 Å². The quantitative estimate of drug-likeness (QED) is 0.674. The zero-order chi connectivity index (χ0) is 18.6. The number of halogens is 2. The van der Waals surface area contributed by atoms with Crippen molar-refractivity contribution in [3.05, 3.63) is 59.1 Å². The van der Waals surface area contributed by atoms with Crippen LogP contribution in [-0.4, -0.2) is 18.0 Å². The monoisotopic (exact) mass is 420 g/mol. The molecule has 0 radical (unpaired) electrons. The minimum absolute atomic E-state index is 0. The van der Waals surface area contributed by atoms with Crippen LogP contribution < -0.4 is 15.4 Å². The van der Waals surface area contributed by atoms with Gasteiger partial charge in [-0.2, -0.15) is 0 Å². The maximum absolute atomic E-state index is 12.6. The molecule has 2 aliphatic heterocycles. The number of para-hydroxylation sites is 2. The van der Waals surface area contributed by atoms with Crippen molar-refractivity contribution in [2.75, 3.05) is 5.32 Å². The van der Waals surface area contributed by atoms with E-state index in [9.17, 15) is 4.79 Å². The fourth-order valence-electron chi connectivity index (χ4n) is 4.29. The molecule has 4 rings (SSSR count). The standard InChI is InChI=1S/C22H25ClN2O2.ClH/c23-17-5-3-4-15(10-17)14-27-21-7-2-1-6-20(21)25-22(26)13-16-11-18-8-9-19(12-16)24-18;/h1-7,10,16,18-19,24H,8-9,11-14H2,(H,25,26);1H. The Morgan fingerprint density at radius 1 is 1.11 bits per heavy atom. The molecule has 2 fully saturated rings. The van der Waals surface area contributed by atoms with Gasteiger partial charge in [0, 0.05) is 23.5 Å². The number of carbonyl (C=O) groups is 1. The van der Waals surface area contributed by atoms with E-state index in [1.807, 2.05) is 48.5 Å². The first-order valence-corrected chi connectivity index (χ1v) is 10.1. The topological polar surface area (TPSA) is 50.4 Å². The smallest absolute Gasteiger partial charge is 0.224 e. The highest BCUT2D eigenvalue weighted by atomic mass is 35.5. The Kier molecular flexibility index (Phi) is 7.22. The zero-order valence-corrected chi connectivity index (χ0v) is 17.3. The van der Waals surface area contributed by atoms with Crippen LogP contribution in [0.25, 0.3) is 0 Å². The fraction of sp³-hybridized carbons (Fsp3) is 0.409. The summed E-state index contributed by atoms with van der Waals surface area (Å²) in [7, 11) is 0. The van der Waals surface area contributed by atoms with Crippen LogP contribution in [0.1, 0.15) is 37.7 Å². The van der Waals surface area contributed by atoms with Crippen LogP contribution in [0, 0.1) is 5.92 Å². The summed E-state index contributed by atoms with van der Waals surface area (Å²) in [6.45, 7) is 0.408.